The Kier molecular flexibility index (Phi) is 1.91. The van der Waals surface area contributed by atoms with Crippen LogP contribution in [0.15, 0.2) is 0 Å². The van der Waals surface area contributed by atoms with Crippen LogP contribution < -0.4 is 0 Å². The minimum Gasteiger partial charge on any atom is -0.402 e. The average molecular weight is 239 g/mol. The smallest absolute Gasteiger partial charge is 0.402 e. The second-order valence-corrected chi connectivity index (χ2v) is 6.04. The normalized spacial score (nSPS) is 41.6. The predicted molar refractivity (Wildman–Crippen MR) is 47.4 cm³/mol. The van der Waals surface area contributed by atoms with Crippen LogP contribution in [0.1, 0.15) is 26.7 Å². The van der Waals surface area contributed by atoms with E-state index in [9.17, 15) is 18.0 Å². The lowest BCUT2D eigenvalue weighted by Gasteiger charge is -2.18. The molecule has 0 spiro atoms. The maximum absolute atomic E-state index is 13.7. The zero-order valence-electron chi connectivity index (χ0n) is 8.25. The van der Waals surface area contributed by atoms with Gasteiger partial charge >= 0.3 is 30.5 Å². The number of rotatable bonds is 2. The number of fused-ring (bicyclic) bond motifs is 1. The van der Waals surface area contributed by atoms with Gasteiger partial charge in [-0.2, -0.15) is 0 Å². The third-order valence-corrected chi connectivity index (χ3v) is 6.24. The summed E-state index contributed by atoms with van der Waals surface area (Å²) >= 11 is 0. The van der Waals surface area contributed by atoms with E-state index in [-0.39, 0.29) is 12.8 Å². The monoisotopic (exact) mass is 239 g/mol. The van der Waals surface area contributed by atoms with Gasteiger partial charge in [0.1, 0.15) is 0 Å². The van der Waals surface area contributed by atoms with Gasteiger partial charge in [0.25, 0.3) is 0 Å². The molecule has 7 heteroatoms. The lowest BCUT2D eigenvalue weighted by molar-refractivity contribution is -0.195. The number of carbonyl (C=O) groups excluding carboxylic acids is 2. The topological polar surface area (TPSA) is 52.6 Å². The molecule has 2 aliphatic rings. The third-order valence-electron chi connectivity index (χ3n) is 3.12. The number of halogens is 2. The minimum absolute atomic E-state index is 0.0271. The molecule has 0 aliphatic carbocycles. The van der Waals surface area contributed by atoms with Crippen molar-refractivity contribution in [3.63, 3.8) is 0 Å². The summed E-state index contributed by atoms with van der Waals surface area (Å²) in [4.78, 5) is 21.9. The number of hydrogen-bond donors (Lipinski definition) is 0. The Labute approximate surface area is 85.5 Å². The first-order chi connectivity index (χ1) is 6.88. The molecule has 0 aromatic heterocycles. The van der Waals surface area contributed by atoms with Gasteiger partial charge in [0.15, 0.2) is 0 Å². The molecular formula is C8H10F2O4P+. The summed E-state index contributed by atoms with van der Waals surface area (Å²) in [6.45, 7) is 3.00. The Balaban J connectivity index is 2.45. The Bertz CT molecular complexity index is 327. The summed E-state index contributed by atoms with van der Waals surface area (Å²) in [6, 6.07) is 0. The van der Waals surface area contributed by atoms with Crippen molar-refractivity contribution in [3.05, 3.63) is 0 Å². The first kappa shape index (κ1) is 10.7. The van der Waals surface area contributed by atoms with Crippen LogP contribution in [0.25, 0.3) is 0 Å². The van der Waals surface area contributed by atoms with E-state index in [4.69, 9.17) is 0 Å². The molecule has 2 heterocycles. The van der Waals surface area contributed by atoms with Gasteiger partial charge in [-0.1, -0.05) is 13.8 Å². The van der Waals surface area contributed by atoms with Gasteiger partial charge in [-0.25, -0.2) is 9.59 Å². The van der Waals surface area contributed by atoms with Crippen LogP contribution in [-0.4, -0.2) is 22.6 Å². The van der Waals surface area contributed by atoms with Gasteiger partial charge in [-0.15, -0.1) is 0 Å². The van der Waals surface area contributed by atoms with Crippen molar-refractivity contribution >= 4 is 19.8 Å². The zero-order valence-corrected chi connectivity index (χ0v) is 9.14. The molecule has 2 unspecified atom stereocenters. The molecule has 2 saturated heterocycles. The number of esters is 2. The van der Waals surface area contributed by atoms with Crippen LogP contribution >= 0.6 is 7.88 Å². The summed E-state index contributed by atoms with van der Waals surface area (Å²) in [5.74, 6) is -2.61. The quantitative estimate of drug-likeness (QED) is 0.420. The molecule has 84 valence electrons. The first-order valence-electron chi connectivity index (χ1n) is 4.63. The molecule has 0 amide bonds. The molecule has 4 nitrogen and oxygen atoms in total. The van der Waals surface area contributed by atoms with E-state index >= 15 is 0 Å². The molecule has 0 aromatic carbocycles. The Morgan fingerprint density at radius 2 is 1.40 bits per heavy atom. The molecule has 2 aliphatic heterocycles. The number of ether oxygens (including phenoxy) is 2. The molecule has 0 N–H and O–H groups in total. The van der Waals surface area contributed by atoms with E-state index in [0.29, 0.717) is 0 Å². The Morgan fingerprint density at radius 3 is 1.67 bits per heavy atom. The second kappa shape index (κ2) is 2.67. The lowest BCUT2D eigenvalue weighted by Crippen LogP contribution is -2.43. The highest BCUT2D eigenvalue weighted by atomic mass is 31.2. The van der Waals surface area contributed by atoms with E-state index in [1.54, 1.807) is 0 Å². The van der Waals surface area contributed by atoms with Crippen molar-refractivity contribution in [2.75, 3.05) is 0 Å². The Hall–Kier alpha value is -0.770. The van der Waals surface area contributed by atoms with Crippen molar-refractivity contribution in [3.8, 4) is 0 Å². The average Bonchev–Trinajstić information content (AvgIpc) is 2.60. The Morgan fingerprint density at radius 1 is 1.07 bits per heavy atom. The predicted octanol–water partition coefficient (Wildman–Crippen LogP) is 2.10. The maximum atomic E-state index is 13.7. The van der Waals surface area contributed by atoms with Crippen LogP contribution in [0.3, 0.4) is 0 Å². The molecule has 0 aromatic rings. The third kappa shape index (κ3) is 0.853. The van der Waals surface area contributed by atoms with Gasteiger partial charge in [0, 0.05) is 12.8 Å². The summed E-state index contributed by atoms with van der Waals surface area (Å²) in [7, 11) is -4.52. The summed E-state index contributed by atoms with van der Waals surface area (Å²) in [5, 5.41) is -3.67. The molecule has 2 rings (SSSR count). The highest BCUT2D eigenvalue weighted by molar-refractivity contribution is 7.77. The summed E-state index contributed by atoms with van der Waals surface area (Å²) in [6.07, 6.45) is -0.0543. The van der Waals surface area contributed by atoms with Gasteiger partial charge in [0.05, 0.1) is 0 Å². The van der Waals surface area contributed by atoms with Gasteiger partial charge in [0.2, 0.25) is 0 Å². The van der Waals surface area contributed by atoms with Crippen molar-refractivity contribution in [1.82, 2.24) is 0 Å². The number of carbonyl (C=O) groups is 2. The van der Waals surface area contributed by atoms with Crippen molar-refractivity contribution in [2.45, 2.75) is 37.4 Å². The minimum atomic E-state index is -4.52. The van der Waals surface area contributed by atoms with Crippen LogP contribution in [0, 0.1) is 0 Å². The highest BCUT2D eigenvalue weighted by Crippen LogP contribution is 3.02. The van der Waals surface area contributed by atoms with Crippen LogP contribution in [0.4, 0.5) is 8.39 Å². The highest BCUT2D eigenvalue weighted by Gasteiger charge is 3.10. The largest absolute Gasteiger partial charge is 0.491 e. The zero-order chi connectivity index (χ0) is 11.5. The molecule has 2 fully saturated rings. The molecule has 0 bridgehead atoms. The van der Waals surface area contributed by atoms with Crippen LogP contribution in [0.2, 0.25) is 0 Å². The van der Waals surface area contributed by atoms with Crippen LogP contribution in [-0.2, 0) is 19.1 Å². The lowest BCUT2D eigenvalue weighted by atomic mass is 10.1. The fourth-order valence-corrected chi connectivity index (χ4v) is 5.05. The summed E-state index contributed by atoms with van der Waals surface area (Å²) < 4.78 is 36.6. The SMILES string of the molecule is CCC12OC(=O)C(=O)OC1(CC)[P+]2(F)F. The molecule has 2 atom stereocenters. The van der Waals surface area contributed by atoms with E-state index < -0.39 is 30.5 Å². The molecular weight excluding hydrogens is 229 g/mol. The molecule has 15 heavy (non-hydrogen) atoms. The first-order valence-corrected chi connectivity index (χ1v) is 6.20. The van der Waals surface area contributed by atoms with Gasteiger partial charge < -0.3 is 9.47 Å². The maximum Gasteiger partial charge on any atom is 0.491 e. The van der Waals surface area contributed by atoms with E-state index in [2.05, 4.69) is 9.47 Å². The van der Waals surface area contributed by atoms with E-state index in [1.807, 2.05) is 0 Å². The molecule has 0 saturated carbocycles. The van der Waals surface area contributed by atoms with E-state index in [0.717, 1.165) is 0 Å². The number of hydrogen-bond acceptors (Lipinski definition) is 4. The van der Waals surface area contributed by atoms with Gasteiger partial charge in [-0.3, -0.25) is 0 Å². The van der Waals surface area contributed by atoms with Crippen molar-refractivity contribution < 1.29 is 27.5 Å². The van der Waals surface area contributed by atoms with E-state index in [1.165, 1.54) is 13.8 Å². The van der Waals surface area contributed by atoms with Crippen molar-refractivity contribution in [2.24, 2.45) is 0 Å². The molecule has 0 radical (unpaired) electrons. The fourth-order valence-electron chi connectivity index (χ4n) is 2.25. The standard InChI is InChI=1S/C8H10F2O4P/c1-3-7-8(4-2,15(7,9)10)14-6(12)5(11)13-7/h3-4H2,1-2H3/q+1. The summed E-state index contributed by atoms with van der Waals surface area (Å²) in [5.41, 5.74) is 0. The fraction of sp³-hybridized carbons (Fsp3) is 0.750. The van der Waals surface area contributed by atoms with Crippen molar-refractivity contribution in [1.29, 1.82) is 0 Å². The van der Waals surface area contributed by atoms with Crippen LogP contribution in [0.5, 0.6) is 0 Å². The second-order valence-electron chi connectivity index (χ2n) is 3.57. The van der Waals surface area contributed by atoms with Gasteiger partial charge in [-0.05, 0) is 8.39 Å².